The van der Waals surface area contributed by atoms with E-state index in [2.05, 4.69) is 10.6 Å². The van der Waals surface area contributed by atoms with Gasteiger partial charge in [0, 0.05) is 38.2 Å². The van der Waals surface area contributed by atoms with E-state index in [0.29, 0.717) is 19.6 Å². The van der Waals surface area contributed by atoms with E-state index in [9.17, 15) is 9.90 Å². The monoisotopic (exact) mass is 292 g/mol. The fraction of sp³-hybridized carbons (Fsp3) is 0.562. The van der Waals surface area contributed by atoms with E-state index in [-0.39, 0.29) is 18.1 Å². The van der Waals surface area contributed by atoms with Crippen molar-refractivity contribution < 1.29 is 14.6 Å². The number of carbonyl (C=O) groups is 1. The molecule has 2 rings (SSSR count). The van der Waals surface area contributed by atoms with Crippen molar-refractivity contribution in [3.63, 3.8) is 0 Å². The molecule has 5 heteroatoms. The van der Waals surface area contributed by atoms with Crippen LogP contribution in [-0.4, -0.2) is 35.9 Å². The predicted molar refractivity (Wildman–Crippen MR) is 82.1 cm³/mol. The third-order valence-electron chi connectivity index (χ3n) is 4.08. The van der Waals surface area contributed by atoms with Gasteiger partial charge in [-0.05, 0) is 31.5 Å². The van der Waals surface area contributed by atoms with E-state index in [4.69, 9.17) is 4.74 Å². The highest BCUT2D eigenvalue weighted by molar-refractivity contribution is 5.88. The molecule has 3 unspecified atom stereocenters. The van der Waals surface area contributed by atoms with Crippen molar-refractivity contribution >= 4 is 11.6 Å². The van der Waals surface area contributed by atoms with Gasteiger partial charge in [-0.2, -0.15) is 0 Å². The molecular weight excluding hydrogens is 268 g/mol. The lowest BCUT2D eigenvalue weighted by atomic mass is 9.96. The molecule has 0 radical (unpaired) electrons. The summed E-state index contributed by atoms with van der Waals surface area (Å²) >= 11 is 0. The second-order valence-corrected chi connectivity index (χ2v) is 5.78. The summed E-state index contributed by atoms with van der Waals surface area (Å²) in [7, 11) is 0. The minimum absolute atomic E-state index is 0.0792. The van der Waals surface area contributed by atoms with E-state index < -0.39 is 5.60 Å². The highest BCUT2D eigenvalue weighted by Crippen LogP contribution is 2.26. The van der Waals surface area contributed by atoms with Crippen LogP contribution in [0.3, 0.4) is 0 Å². The molecule has 0 aliphatic carbocycles. The van der Waals surface area contributed by atoms with E-state index >= 15 is 0 Å². The summed E-state index contributed by atoms with van der Waals surface area (Å²) in [6, 6.07) is 7.79. The molecule has 5 nitrogen and oxygen atoms in total. The Morgan fingerprint density at radius 1 is 1.57 bits per heavy atom. The molecule has 1 aromatic carbocycles. The van der Waals surface area contributed by atoms with Gasteiger partial charge < -0.3 is 20.5 Å². The number of hydrogen-bond donors (Lipinski definition) is 3. The van der Waals surface area contributed by atoms with Gasteiger partial charge in [0.1, 0.15) is 5.60 Å². The number of rotatable bonds is 5. The van der Waals surface area contributed by atoms with E-state index in [1.807, 2.05) is 38.1 Å². The fourth-order valence-corrected chi connectivity index (χ4v) is 2.54. The smallest absolute Gasteiger partial charge is 0.221 e. The van der Waals surface area contributed by atoms with E-state index in [0.717, 1.165) is 11.3 Å². The molecule has 0 aromatic heterocycles. The molecule has 1 amide bonds. The Labute approximate surface area is 125 Å². The summed E-state index contributed by atoms with van der Waals surface area (Å²) in [6.07, 6.45) is 0.503. The third kappa shape index (κ3) is 4.03. The number of benzene rings is 1. The Morgan fingerprint density at radius 2 is 2.33 bits per heavy atom. The average molecular weight is 292 g/mol. The summed E-state index contributed by atoms with van der Waals surface area (Å²) in [6.45, 7) is 6.52. The molecule has 1 saturated heterocycles. The lowest BCUT2D eigenvalue weighted by molar-refractivity contribution is -0.114. The Kier molecular flexibility index (Phi) is 4.98. The van der Waals surface area contributed by atoms with Crippen LogP contribution in [0.4, 0.5) is 5.69 Å². The van der Waals surface area contributed by atoms with Crippen molar-refractivity contribution in [1.29, 1.82) is 0 Å². The van der Waals surface area contributed by atoms with Crippen molar-refractivity contribution in [3.05, 3.63) is 29.8 Å². The maximum absolute atomic E-state index is 11.1. The van der Waals surface area contributed by atoms with Crippen LogP contribution in [0.25, 0.3) is 0 Å². The van der Waals surface area contributed by atoms with Crippen LogP contribution in [0, 0.1) is 0 Å². The summed E-state index contributed by atoms with van der Waals surface area (Å²) < 4.78 is 5.43. The molecule has 0 bridgehead atoms. The Morgan fingerprint density at radius 3 is 2.95 bits per heavy atom. The van der Waals surface area contributed by atoms with Gasteiger partial charge in [0.2, 0.25) is 5.91 Å². The number of amides is 1. The number of carbonyl (C=O) groups excluding carboxylic acids is 1. The highest BCUT2D eigenvalue weighted by atomic mass is 16.5. The zero-order valence-corrected chi connectivity index (χ0v) is 12.8. The third-order valence-corrected chi connectivity index (χ3v) is 4.08. The summed E-state index contributed by atoms with van der Waals surface area (Å²) in [4.78, 5) is 11.1. The molecule has 1 aliphatic heterocycles. The van der Waals surface area contributed by atoms with Gasteiger partial charge in [-0.25, -0.2) is 0 Å². The first-order valence-electron chi connectivity index (χ1n) is 7.35. The van der Waals surface area contributed by atoms with Gasteiger partial charge in [-0.15, -0.1) is 0 Å². The number of nitrogens with one attached hydrogen (secondary N) is 2. The van der Waals surface area contributed by atoms with Crippen LogP contribution in [-0.2, 0) is 9.53 Å². The second kappa shape index (κ2) is 6.56. The van der Waals surface area contributed by atoms with Gasteiger partial charge in [0.15, 0.2) is 0 Å². The van der Waals surface area contributed by atoms with E-state index in [1.54, 1.807) is 0 Å². The molecule has 0 saturated carbocycles. The molecule has 1 heterocycles. The van der Waals surface area contributed by atoms with Crippen LogP contribution in [0.1, 0.15) is 38.8 Å². The quantitative estimate of drug-likeness (QED) is 0.774. The number of hydrogen-bond acceptors (Lipinski definition) is 4. The molecule has 3 N–H and O–H groups in total. The predicted octanol–water partition coefficient (Wildman–Crippen LogP) is 1.84. The Hall–Kier alpha value is -1.43. The van der Waals surface area contributed by atoms with Crippen LogP contribution < -0.4 is 10.6 Å². The van der Waals surface area contributed by atoms with Gasteiger partial charge in [0.05, 0.1) is 6.10 Å². The van der Waals surface area contributed by atoms with Crippen molar-refractivity contribution in [2.45, 2.75) is 44.9 Å². The van der Waals surface area contributed by atoms with Crippen LogP contribution in [0.5, 0.6) is 0 Å². The number of anilines is 1. The molecular formula is C16H24N2O3. The average Bonchev–Trinajstić information content (AvgIpc) is 2.76. The van der Waals surface area contributed by atoms with Crippen molar-refractivity contribution in [2.24, 2.45) is 0 Å². The van der Waals surface area contributed by atoms with Crippen molar-refractivity contribution in [3.8, 4) is 0 Å². The number of ether oxygens (including phenoxy) is 1. The Bertz CT molecular complexity index is 506. The lowest BCUT2D eigenvalue weighted by Gasteiger charge is -2.28. The highest BCUT2D eigenvalue weighted by Gasteiger charge is 2.39. The largest absolute Gasteiger partial charge is 0.386 e. The zero-order chi connectivity index (χ0) is 15.5. The fourth-order valence-electron chi connectivity index (χ4n) is 2.54. The molecule has 1 aromatic rings. The molecule has 3 atom stereocenters. The maximum atomic E-state index is 11.1. The zero-order valence-electron chi connectivity index (χ0n) is 12.8. The van der Waals surface area contributed by atoms with Crippen molar-refractivity contribution in [2.75, 3.05) is 18.5 Å². The van der Waals surface area contributed by atoms with Crippen molar-refractivity contribution in [1.82, 2.24) is 5.32 Å². The standard InChI is InChI=1S/C16H24N2O3/c1-11(17-10-16(20)7-8-21-12(16)2)14-5-4-6-15(9-14)18-13(3)19/h4-6,9,11-12,17,20H,7-8,10H2,1-3H3,(H,18,19). The van der Waals surface area contributed by atoms with Gasteiger partial charge in [-0.3, -0.25) is 4.79 Å². The Balaban J connectivity index is 1.97. The normalized spacial score (nSPS) is 26.6. The molecule has 1 aliphatic rings. The van der Waals surface area contributed by atoms with Gasteiger partial charge in [0.25, 0.3) is 0 Å². The summed E-state index contributed by atoms with van der Waals surface area (Å²) in [5.41, 5.74) is 1.05. The number of aliphatic hydroxyl groups is 1. The summed E-state index contributed by atoms with van der Waals surface area (Å²) in [5, 5.41) is 16.6. The molecule has 21 heavy (non-hydrogen) atoms. The van der Waals surface area contributed by atoms with Gasteiger partial charge in [-0.1, -0.05) is 12.1 Å². The minimum atomic E-state index is -0.802. The molecule has 0 spiro atoms. The topological polar surface area (TPSA) is 70.6 Å². The van der Waals surface area contributed by atoms with Crippen LogP contribution in [0.2, 0.25) is 0 Å². The first-order valence-corrected chi connectivity index (χ1v) is 7.35. The maximum Gasteiger partial charge on any atom is 0.221 e. The van der Waals surface area contributed by atoms with Gasteiger partial charge >= 0.3 is 0 Å². The second-order valence-electron chi connectivity index (χ2n) is 5.78. The lowest BCUT2D eigenvalue weighted by Crippen LogP contribution is -2.46. The summed E-state index contributed by atoms with van der Waals surface area (Å²) in [5.74, 6) is -0.0843. The first-order chi connectivity index (χ1) is 9.90. The molecule has 116 valence electrons. The van der Waals surface area contributed by atoms with E-state index in [1.165, 1.54) is 6.92 Å². The minimum Gasteiger partial charge on any atom is -0.386 e. The SMILES string of the molecule is CC(=O)Nc1cccc(C(C)NCC2(O)CCOC2C)c1. The van der Waals surface area contributed by atoms with Crippen LogP contribution in [0.15, 0.2) is 24.3 Å². The van der Waals surface area contributed by atoms with Crippen LogP contribution >= 0.6 is 0 Å². The first kappa shape index (κ1) is 15.9. The molecule has 1 fully saturated rings.